The SMILES string of the molecule is O=S(=O)(O)N=Nc1cccc(Cl)c1. The highest BCUT2D eigenvalue weighted by molar-refractivity contribution is 7.84. The van der Waals surface area contributed by atoms with Crippen LogP contribution in [0.4, 0.5) is 5.69 Å². The summed E-state index contributed by atoms with van der Waals surface area (Å²) in [6, 6.07) is 6.10. The first kappa shape index (κ1) is 10.1. The maximum Gasteiger partial charge on any atom is 0.396 e. The molecule has 13 heavy (non-hydrogen) atoms. The van der Waals surface area contributed by atoms with Gasteiger partial charge in [0, 0.05) is 5.02 Å². The van der Waals surface area contributed by atoms with E-state index in [2.05, 4.69) is 9.63 Å². The fraction of sp³-hybridized carbons (Fsp3) is 0. The Morgan fingerprint density at radius 3 is 2.62 bits per heavy atom. The van der Waals surface area contributed by atoms with Gasteiger partial charge in [0.1, 0.15) is 0 Å². The molecule has 0 aliphatic carbocycles. The first-order chi connectivity index (χ1) is 5.97. The van der Waals surface area contributed by atoms with Crippen LogP contribution in [0.1, 0.15) is 0 Å². The Hall–Kier alpha value is -0.980. The molecule has 5 nitrogen and oxygen atoms in total. The molecule has 70 valence electrons. The van der Waals surface area contributed by atoms with Crippen LogP contribution in [-0.2, 0) is 10.3 Å². The minimum Gasteiger partial charge on any atom is -0.267 e. The van der Waals surface area contributed by atoms with E-state index in [1.165, 1.54) is 12.1 Å². The fourth-order valence-electron chi connectivity index (χ4n) is 0.637. The lowest BCUT2D eigenvalue weighted by atomic mass is 10.3. The van der Waals surface area contributed by atoms with Crippen LogP contribution in [0.15, 0.2) is 33.9 Å². The number of halogens is 1. The molecule has 0 spiro atoms. The van der Waals surface area contributed by atoms with Gasteiger partial charge in [-0.3, -0.25) is 4.55 Å². The van der Waals surface area contributed by atoms with Gasteiger partial charge in [0.05, 0.1) is 5.69 Å². The molecule has 0 aliphatic heterocycles. The van der Waals surface area contributed by atoms with E-state index in [1.807, 2.05) is 0 Å². The Morgan fingerprint density at radius 1 is 1.38 bits per heavy atom. The van der Waals surface area contributed by atoms with Crippen molar-refractivity contribution >= 4 is 27.6 Å². The molecule has 0 radical (unpaired) electrons. The minimum atomic E-state index is -4.42. The van der Waals surface area contributed by atoms with Gasteiger partial charge >= 0.3 is 10.3 Å². The maximum atomic E-state index is 10.2. The highest BCUT2D eigenvalue weighted by Crippen LogP contribution is 2.18. The average molecular weight is 221 g/mol. The quantitative estimate of drug-likeness (QED) is 0.613. The summed E-state index contributed by atoms with van der Waals surface area (Å²) in [5, 5.41) is 3.65. The van der Waals surface area contributed by atoms with E-state index >= 15 is 0 Å². The molecule has 0 atom stereocenters. The van der Waals surface area contributed by atoms with Crippen LogP contribution in [0.2, 0.25) is 5.02 Å². The minimum absolute atomic E-state index is 0.255. The first-order valence-corrected chi connectivity index (χ1v) is 4.91. The van der Waals surface area contributed by atoms with E-state index in [1.54, 1.807) is 12.1 Å². The summed E-state index contributed by atoms with van der Waals surface area (Å²) >= 11 is 5.58. The van der Waals surface area contributed by atoms with Crippen LogP contribution in [0.3, 0.4) is 0 Å². The molecule has 0 saturated heterocycles. The van der Waals surface area contributed by atoms with Crippen molar-refractivity contribution in [1.82, 2.24) is 0 Å². The van der Waals surface area contributed by atoms with E-state index in [4.69, 9.17) is 16.2 Å². The number of nitrogens with zero attached hydrogens (tertiary/aromatic N) is 2. The molecule has 1 rings (SSSR count). The largest absolute Gasteiger partial charge is 0.396 e. The van der Waals surface area contributed by atoms with Crippen molar-refractivity contribution < 1.29 is 13.0 Å². The van der Waals surface area contributed by atoms with E-state index in [-0.39, 0.29) is 5.69 Å². The molecule has 7 heteroatoms. The topological polar surface area (TPSA) is 79.1 Å². The predicted octanol–water partition coefficient (Wildman–Crippen LogP) is 2.23. The number of benzene rings is 1. The van der Waals surface area contributed by atoms with Gasteiger partial charge in [0.25, 0.3) is 0 Å². The monoisotopic (exact) mass is 220 g/mol. The van der Waals surface area contributed by atoms with Crippen LogP contribution in [0.25, 0.3) is 0 Å². The van der Waals surface area contributed by atoms with E-state index in [0.717, 1.165) is 0 Å². The van der Waals surface area contributed by atoms with Gasteiger partial charge in [-0.15, -0.1) is 5.11 Å². The molecule has 0 unspecified atom stereocenters. The second-order valence-electron chi connectivity index (χ2n) is 2.11. The zero-order valence-electron chi connectivity index (χ0n) is 6.25. The predicted molar refractivity (Wildman–Crippen MR) is 47.5 cm³/mol. The molecule has 0 heterocycles. The Morgan fingerprint density at radius 2 is 2.08 bits per heavy atom. The Bertz CT molecular complexity index is 429. The van der Waals surface area contributed by atoms with Crippen molar-refractivity contribution in [2.45, 2.75) is 0 Å². The molecule has 0 aliphatic rings. The van der Waals surface area contributed by atoms with Crippen LogP contribution in [0.5, 0.6) is 0 Å². The molecule has 1 aromatic carbocycles. The van der Waals surface area contributed by atoms with Gasteiger partial charge in [-0.1, -0.05) is 17.7 Å². The Balaban J connectivity index is 2.93. The second-order valence-corrected chi connectivity index (χ2v) is 3.60. The van der Waals surface area contributed by atoms with Gasteiger partial charge in [0.2, 0.25) is 0 Å². The van der Waals surface area contributed by atoms with E-state index in [0.29, 0.717) is 5.02 Å². The van der Waals surface area contributed by atoms with E-state index in [9.17, 15) is 8.42 Å². The second kappa shape index (κ2) is 3.82. The molecule has 0 amide bonds. The maximum absolute atomic E-state index is 10.2. The Labute approximate surface area is 79.9 Å². The van der Waals surface area contributed by atoms with Crippen LogP contribution in [0, 0.1) is 0 Å². The molecule has 1 N–H and O–H groups in total. The number of hydrogen-bond acceptors (Lipinski definition) is 3. The van der Waals surface area contributed by atoms with Crippen molar-refractivity contribution in [2.75, 3.05) is 0 Å². The lowest BCUT2D eigenvalue weighted by Crippen LogP contribution is -1.87. The molecular weight excluding hydrogens is 216 g/mol. The summed E-state index contributed by atoms with van der Waals surface area (Å²) in [4.78, 5) is 0. The average Bonchev–Trinajstić information content (AvgIpc) is 2.00. The first-order valence-electron chi connectivity index (χ1n) is 3.13. The molecule has 0 fully saturated rings. The third-order valence-electron chi connectivity index (χ3n) is 1.07. The standard InChI is InChI=1S/C6H5ClN2O3S/c7-5-2-1-3-6(4-5)8-9-13(10,11)12/h1-4H,(H,10,11,12). The van der Waals surface area contributed by atoms with Gasteiger partial charge < -0.3 is 0 Å². The molecule has 1 aromatic rings. The fourth-order valence-corrected chi connectivity index (χ4v) is 1.02. The molecular formula is C6H5ClN2O3S. The summed E-state index contributed by atoms with van der Waals surface area (Å²) in [5.41, 5.74) is 0.255. The third-order valence-corrected chi connectivity index (χ3v) is 1.59. The lowest BCUT2D eigenvalue weighted by Gasteiger charge is -1.90. The smallest absolute Gasteiger partial charge is 0.267 e. The van der Waals surface area contributed by atoms with Gasteiger partial charge in [-0.05, 0) is 22.7 Å². The van der Waals surface area contributed by atoms with Crippen molar-refractivity contribution in [2.24, 2.45) is 9.63 Å². The van der Waals surface area contributed by atoms with Gasteiger partial charge in [0.15, 0.2) is 0 Å². The molecule has 0 saturated carbocycles. The highest BCUT2D eigenvalue weighted by atomic mass is 35.5. The van der Waals surface area contributed by atoms with E-state index < -0.39 is 10.3 Å². The molecule has 0 bridgehead atoms. The van der Waals surface area contributed by atoms with Crippen LogP contribution < -0.4 is 0 Å². The molecule has 0 aromatic heterocycles. The summed E-state index contributed by atoms with van der Waals surface area (Å²) in [6.07, 6.45) is 0. The zero-order valence-corrected chi connectivity index (χ0v) is 7.83. The van der Waals surface area contributed by atoms with Crippen molar-refractivity contribution in [3.63, 3.8) is 0 Å². The van der Waals surface area contributed by atoms with Crippen molar-refractivity contribution in [3.05, 3.63) is 29.3 Å². The summed E-state index contributed by atoms with van der Waals surface area (Å²) in [7, 11) is -4.42. The number of hydrogen-bond donors (Lipinski definition) is 1. The lowest BCUT2D eigenvalue weighted by molar-refractivity contribution is 0.482. The highest BCUT2D eigenvalue weighted by Gasteiger charge is 1.98. The number of rotatable bonds is 2. The normalized spacial score (nSPS) is 12.2. The third kappa shape index (κ3) is 3.97. The summed E-state index contributed by atoms with van der Waals surface area (Å²) in [5.74, 6) is 0. The van der Waals surface area contributed by atoms with Crippen molar-refractivity contribution in [1.29, 1.82) is 0 Å². The Kier molecular flexibility index (Phi) is 2.97. The van der Waals surface area contributed by atoms with Crippen molar-refractivity contribution in [3.8, 4) is 0 Å². The van der Waals surface area contributed by atoms with Gasteiger partial charge in [-0.2, -0.15) is 8.42 Å². The van der Waals surface area contributed by atoms with Crippen LogP contribution >= 0.6 is 11.6 Å². The van der Waals surface area contributed by atoms with Crippen LogP contribution in [-0.4, -0.2) is 13.0 Å². The summed E-state index contributed by atoms with van der Waals surface area (Å²) in [6.45, 7) is 0. The van der Waals surface area contributed by atoms with Gasteiger partial charge in [-0.25, -0.2) is 0 Å². The zero-order chi connectivity index (χ0) is 9.90. The summed E-state index contributed by atoms with van der Waals surface area (Å²) < 4.78 is 31.2.